The Morgan fingerprint density at radius 1 is 1.41 bits per heavy atom. The maximum absolute atomic E-state index is 12.2. The molecule has 1 unspecified atom stereocenters. The van der Waals surface area contributed by atoms with Crippen LogP contribution in [0.25, 0.3) is 0 Å². The molecule has 1 rings (SSSR count). The van der Waals surface area contributed by atoms with Gasteiger partial charge in [0.15, 0.2) is 0 Å². The minimum absolute atomic E-state index is 0.0172. The van der Waals surface area contributed by atoms with Crippen LogP contribution in [0.4, 0.5) is 0 Å². The molecule has 0 aromatic heterocycles. The molecule has 1 aromatic rings. The molecule has 0 spiro atoms. The highest BCUT2D eigenvalue weighted by molar-refractivity contribution is 14.1. The van der Waals surface area contributed by atoms with Crippen LogP contribution in [0, 0.1) is 0 Å². The number of hydrogen-bond acceptors (Lipinski definition) is 2. The topological polar surface area (TPSA) is 29.5 Å². The highest BCUT2D eigenvalue weighted by Gasteiger charge is 2.23. The maximum Gasteiger partial charge on any atom is 0.253 e. The SMILES string of the molecule is CON(C)C(=O)C(CCCI)c1ccccc1. The van der Waals surface area contributed by atoms with Gasteiger partial charge in [-0.2, -0.15) is 0 Å². The summed E-state index contributed by atoms with van der Waals surface area (Å²) in [5, 5.41) is 1.31. The molecule has 0 aliphatic heterocycles. The van der Waals surface area contributed by atoms with E-state index in [4.69, 9.17) is 4.84 Å². The van der Waals surface area contributed by atoms with E-state index < -0.39 is 0 Å². The molecule has 3 nitrogen and oxygen atoms in total. The minimum Gasteiger partial charge on any atom is -0.275 e. The first-order chi connectivity index (χ1) is 8.20. The highest BCUT2D eigenvalue weighted by Crippen LogP contribution is 2.23. The Hall–Kier alpha value is -0.620. The normalized spacial score (nSPS) is 12.2. The number of likely N-dealkylation sites (N-methyl/N-ethyl adjacent to an activating group) is 1. The first kappa shape index (κ1) is 14.4. The zero-order chi connectivity index (χ0) is 12.7. The minimum atomic E-state index is -0.101. The summed E-state index contributed by atoms with van der Waals surface area (Å²) >= 11 is 2.33. The van der Waals surface area contributed by atoms with Crippen molar-refractivity contribution >= 4 is 28.5 Å². The molecule has 0 saturated heterocycles. The Balaban J connectivity index is 2.84. The Labute approximate surface area is 116 Å². The van der Waals surface area contributed by atoms with E-state index in [1.54, 1.807) is 7.05 Å². The molecule has 0 saturated carbocycles. The number of hydrogen-bond donors (Lipinski definition) is 0. The number of nitrogens with zero attached hydrogens (tertiary/aromatic N) is 1. The highest BCUT2D eigenvalue weighted by atomic mass is 127. The third-order valence-electron chi connectivity index (χ3n) is 2.71. The predicted octanol–water partition coefficient (Wildman–Crippen LogP) is 3.01. The summed E-state index contributed by atoms with van der Waals surface area (Å²) in [4.78, 5) is 17.2. The molecule has 0 aliphatic carbocycles. The molecule has 1 amide bonds. The lowest BCUT2D eigenvalue weighted by Gasteiger charge is -2.21. The van der Waals surface area contributed by atoms with Gasteiger partial charge >= 0.3 is 0 Å². The largest absolute Gasteiger partial charge is 0.275 e. The number of carbonyl (C=O) groups is 1. The fourth-order valence-corrected chi connectivity index (χ4v) is 2.15. The first-order valence-electron chi connectivity index (χ1n) is 5.63. The third kappa shape index (κ3) is 4.27. The second-order valence-electron chi connectivity index (χ2n) is 3.81. The molecule has 0 fully saturated rings. The van der Waals surface area contributed by atoms with Crippen LogP contribution in [0.3, 0.4) is 0 Å². The summed E-state index contributed by atoms with van der Waals surface area (Å²) in [5.41, 5.74) is 1.06. The van der Waals surface area contributed by atoms with Gasteiger partial charge in [-0.1, -0.05) is 52.9 Å². The van der Waals surface area contributed by atoms with Crippen LogP contribution in [0.5, 0.6) is 0 Å². The number of alkyl halides is 1. The summed E-state index contributed by atoms with van der Waals surface area (Å²) in [7, 11) is 3.17. The molecule has 1 aromatic carbocycles. The second-order valence-corrected chi connectivity index (χ2v) is 4.89. The van der Waals surface area contributed by atoms with Gasteiger partial charge in [0.1, 0.15) is 0 Å². The number of rotatable bonds is 6. The van der Waals surface area contributed by atoms with Crippen molar-refractivity contribution in [3.05, 3.63) is 35.9 Å². The van der Waals surface area contributed by atoms with E-state index in [0.29, 0.717) is 0 Å². The summed E-state index contributed by atoms with van der Waals surface area (Å²) in [6.45, 7) is 0. The predicted molar refractivity (Wildman–Crippen MR) is 77.1 cm³/mol. The quantitative estimate of drug-likeness (QED) is 0.450. The Kier molecular flexibility index (Phi) is 6.50. The molecule has 0 bridgehead atoms. The van der Waals surface area contributed by atoms with Crippen molar-refractivity contribution in [2.75, 3.05) is 18.6 Å². The zero-order valence-corrected chi connectivity index (χ0v) is 12.4. The van der Waals surface area contributed by atoms with Crippen molar-refractivity contribution in [2.45, 2.75) is 18.8 Å². The van der Waals surface area contributed by atoms with Gasteiger partial charge in [-0.15, -0.1) is 0 Å². The number of hydroxylamine groups is 2. The summed E-state index contributed by atoms with van der Waals surface area (Å²) < 4.78 is 1.06. The van der Waals surface area contributed by atoms with Crippen LogP contribution in [0.2, 0.25) is 0 Å². The number of benzene rings is 1. The van der Waals surface area contributed by atoms with E-state index in [-0.39, 0.29) is 11.8 Å². The molecule has 17 heavy (non-hydrogen) atoms. The van der Waals surface area contributed by atoms with E-state index in [1.165, 1.54) is 12.2 Å². The maximum atomic E-state index is 12.2. The summed E-state index contributed by atoms with van der Waals surface area (Å²) in [5.74, 6) is -0.0838. The van der Waals surface area contributed by atoms with Gasteiger partial charge in [0.05, 0.1) is 13.0 Å². The van der Waals surface area contributed by atoms with Crippen LogP contribution in [-0.4, -0.2) is 29.6 Å². The van der Waals surface area contributed by atoms with Crippen LogP contribution < -0.4 is 0 Å². The molecule has 0 aliphatic rings. The standard InChI is InChI=1S/C13H18INO2/c1-15(17-2)13(16)12(9-6-10-14)11-7-4-3-5-8-11/h3-5,7-8,12H,6,9-10H2,1-2H3. The fraction of sp³-hybridized carbons (Fsp3) is 0.462. The Morgan fingerprint density at radius 2 is 2.06 bits per heavy atom. The summed E-state index contributed by atoms with van der Waals surface area (Å²) in [6, 6.07) is 9.89. The number of amides is 1. The molecule has 0 radical (unpaired) electrons. The molecule has 94 valence electrons. The second kappa shape index (κ2) is 7.66. The van der Waals surface area contributed by atoms with Gasteiger partial charge in [0.25, 0.3) is 5.91 Å². The zero-order valence-electron chi connectivity index (χ0n) is 10.2. The van der Waals surface area contributed by atoms with E-state index in [0.717, 1.165) is 22.8 Å². The van der Waals surface area contributed by atoms with Gasteiger partial charge in [-0.05, 0) is 22.8 Å². The Bertz CT molecular complexity index is 343. The fourth-order valence-electron chi connectivity index (χ4n) is 1.71. The van der Waals surface area contributed by atoms with Crippen LogP contribution >= 0.6 is 22.6 Å². The molecular weight excluding hydrogens is 329 g/mol. The van der Waals surface area contributed by atoms with E-state index in [1.807, 2.05) is 30.3 Å². The lowest BCUT2D eigenvalue weighted by Crippen LogP contribution is -2.31. The molecule has 0 N–H and O–H groups in total. The van der Waals surface area contributed by atoms with Crippen molar-refractivity contribution in [1.82, 2.24) is 5.06 Å². The molecule has 0 heterocycles. The third-order valence-corrected chi connectivity index (χ3v) is 3.47. The number of carbonyl (C=O) groups excluding carboxylic acids is 1. The van der Waals surface area contributed by atoms with E-state index in [9.17, 15) is 4.79 Å². The monoisotopic (exact) mass is 347 g/mol. The summed E-state index contributed by atoms with van der Waals surface area (Å²) in [6.07, 6.45) is 1.89. The average molecular weight is 347 g/mol. The van der Waals surface area contributed by atoms with Crippen molar-refractivity contribution in [3.8, 4) is 0 Å². The van der Waals surface area contributed by atoms with Crippen LogP contribution in [0.1, 0.15) is 24.3 Å². The van der Waals surface area contributed by atoms with Gasteiger partial charge in [-0.25, -0.2) is 5.06 Å². The van der Waals surface area contributed by atoms with Crippen molar-refractivity contribution in [3.63, 3.8) is 0 Å². The van der Waals surface area contributed by atoms with E-state index >= 15 is 0 Å². The lowest BCUT2D eigenvalue weighted by atomic mass is 9.94. The average Bonchev–Trinajstić information content (AvgIpc) is 2.39. The van der Waals surface area contributed by atoms with Gasteiger partial charge in [0.2, 0.25) is 0 Å². The van der Waals surface area contributed by atoms with Crippen molar-refractivity contribution < 1.29 is 9.63 Å². The number of halogens is 1. The van der Waals surface area contributed by atoms with Gasteiger partial charge < -0.3 is 0 Å². The van der Waals surface area contributed by atoms with Crippen LogP contribution in [-0.2, 0) is 9.63 Å². The van der Waals surface area contributed by atoms with E-state index in [2.05, 4.69) is 22.6 Å². The molecule has 4 heteroatoms. The Morgan fingerprint density at radius 3 is 2.59 bits per heavy atom. The lowest BCUT2D eigenvalue weighted by molar-refractivity contribution is -0.170. The smallest absolute Gasteiger partial charge is 0.253 e. The molecule has 1 atom stereocenters. The van der Waals surface area contributed by atoms with Crippen molar-refractivity contribution in [2.24, 2.45) is 0 Å². The van der Waals surface area contributed by atoms with Gasteiger partial charge in [-0.3, -0.25) is 9.63 Å². The van der Waals surface area contributed by atoms with Crippen LogP contribution in [0.15, 0.2) is 30.3 Å². The van der Waals surface area contributed by atoms with Crippen molar-refractivity contribution in [1.29, 1.82) is 0 Å². The first-order valence-corrected chi connectivity index (χ1v) is 7.15. The van der Waals surface area contributed by atoms with Gasteiger partial charge in [0, 0.05) is 7.05 Å². The molecular formula is C13H18INO2.